The van der Waals surface area contributed by atoms with Crippen LogP contribution in [0.4, 0.5) is 11.4 Å². The molecule has 0 atom stereocenters. The maximum atomic E-state index is 12.3. The zero-order chi connectivity index (χ0) is 16.0. The molecule has 1 saturated carbocycles. The maximum Gasteiger partial charge on any atom is 0.224 e. The summed E-state index contributed by atoms with van der Waals surface area (Å²) in [5.74, 6) is -0.139. The van der Waals surface area contributed by atoms with E-state index in [1.54, 1.807) is 18.2 Å². The largest absolute Gasteiger partial charge is 0.330 e. The van der Waals surface area contributed by atoms with Crippen LogP contribution in [0.25, 0.3) is 0 Å². The molecule has 1 aliphatic rings. The molecule has 5 heteroatoms. The van der Waals surface area contributed by atoms with Crippen LogP contribution in [-0.4, -0.2) is 18.4 Å². The smallest absolute Gasteiger partial charge is 0.224 e. The zero-order valence-electron chi connectivity index (χ0n) is 13.2. The van der Waals surface area contributed by atoms with Crippen LogP contribution in [0.3, 0.4) is 0 Å². The Morgan fingerprint density at radius 3 is 2.36 bits per heavy atom. The lowest BCUT2D eigenvalue weighted by Crippen LogP contribution is -2.36. The normalized spacial score (nSPS) is 16.8. The minimum Gasteiger partial charge on any atom is -0.330 e. The van der Waals surface area contributed by atoms with Crippen LogP contribution < -0.4 is 16.4 Å². The Morgan fingerprint density at radius 2 is 1.77 bits per heavy atom. The number of anilines is 2. The van der Waals surface area contributed by atoms with Gasteiger partial charge in [0, 0.05) is 24.7 Å². The maximum absolute atomic E-state index is 12.3. The Hall–Kier alpha value is -1.88. The molecule has 0 unspecified atom stereocenters. The first-order valence-electron chi connectivity index (χ1n) is 7.91. The van der Waals surface area contributed by atoms with Crippen LogP contribution in [0.15, 0.2) is 24.3 Å². The molecule has 4 N–H and O–H groups in total. The Labute approximate surface area is 131 Å². The average molecular weight is 303 g/mol. The molecule has 0 saturated heterocycles. The molecule has 1 aromatic carbocycles. The van der Waals surface area contributed by atoms with Gasteiger partial charge in [-0.15, -0.1) is 0 Å². The molecule has 2 rings (SSSR count). The summed E-state index contributed by atoms with van der Waals surface area (Å²) in [4.78, 5) is 23.4. The van der Waals surface area contributed by atoms with Crippen molar-refractivity contribution in [3.63, 3.8) is 0 Å². The number of benzene rings is 1. The number of hydrogen-bond acceptors (Lipinski definition) is 3. The van der Waals surface area contributed by atoms with Crippen molar-refractivity contribution in [1.82, 2.24) is 0 Å². The minimum absolute atomic E-state index is 0.00711. The molecule has 0 bridgehead atoms. The summed E-state index contributed by atoms with van der Waals surface area (Å²) < 4.78 is 0. The quantitative estimate of drug-likeness (QED) is 0.782. The van der Waals surface area contributed by atoms with Gasteiger partial charge in [-0.3, -0.25) is 9.59 Å². The number of nitrogens with one attached hydrogen (secondary N) is 2. The first kappa shape index (κ1) is 16.5. The third-order valence-corrected chi connectivity index (χ3v) is 4.35. The molecule has 1 aliphatic carbocycles. The molecule has 0 radical (unpaired) electrons. The van der Waals surface area contributed by atoms with Gasteiger partial charge in [-0.2, -0.15) is 0 Å². The van der Waals surface area contributed by atoms with E-state index in [0.29, 0.717) is 24.3 Å². The van der Waals surface area contributed by atoms with E-state index in [1.165, 1.54) is 13.3 Å². The molecular formula is C17H25N3O2. The van der Waals surface area contributed by atoms with Gasteiger partial charge in [-0.1, -0.05) is 25.3 Å². The Morgan fingerprint density at radius 1 is 1.14 bits per heavy atom. The molecule has 120 valence electrons. The van der Waals surface area contributed by atoms with Gasteiger partial charge in [0.15, 0.2) is 0 Å². The fourth-order valence-corrected chi connectivity index (χ4v) is 3.18. The van der Waals surface area contributed by atoms with Crippen LogP contribution in [0, 0.1) is 5.41 Å². The molecule has 0 aromatic heterocycles. The van der Waals surface area contributed by atoms with Crippen LogP contribution in [0.2, 0.25) is 0 Å². The third-order valence-electron chi connectivity index (χ3n) is 4.35. The lowest BCUT2D eigenvalue weighted by Gasteiger charge is -2.35. The Balaban J connectivity index is 1.97. The van der Waals surface area contributed by atoms with E-state index in [1.807, 2.05) is 6.07 Å². The van der Waals surface area contributed by atoms with E-state index in [4.69, 9.17) is 5.73 Å². The summed E-state index contributed by atoms with van der Waals surface area (Å²) in [6, 6.07) is 7.17. The van der Waals surface area contributed by atoms with Crippen molar-refractivity contribution >= 4 is 23.2 Å². The fraction of sp³-hybridized carbons (Fsp3) is 0.529. The number of carbonyl (C=O) groups excluding carboxylic acids is 2. The van der Waals surface area contributed by atoms with Crippen molar-refractivity contribution in [1.29, 1.82) is 0 Å². The second-order valence-corrected chi connectivity index (χ2v) is 6.25. The van der Waals surface area contributed by atoms with Gasteiger partial charge < -0.3 is 16.4 Å². The molecular weight excluding hydrogens is 278 g/mol. The van der Waals surface area contributed by atoms with Crippen molar-refractivity contribution < 1.29 is 9.59 Å². The number of amides is 2. The topological polar surface area (TPSA) is 84.2 Å². The van der Waals surface area contributed by atoms with Crippen LogP contribution in [0.5, 0.6) is 0 Å². The Kier molecular flexibility index (Phi) is 5.55. The molecule has 5 nitrogen and oxygen atoms in total. The lowest BCUT2D eigenvalue weighted by atomic mass is 9.71. The van der Waals surface area contributed by atoms with Gasteiger partial charge in [0.1, 0.15) is 0 Å². The monoisotopic (exact) mass is 303 g/mol. The highest BCUT2D eigenvalue weighted by atomic mass is 16.2. The highest BCUT2D eigenvalue weighted by Crippen LogP contribution is 2.38. The molecule has 0 spiro atoms. The predicted molar refractivity (Wildman–Crippen MR) is 88.6 cm³/mol. The minimum atomic E-state index is -0.132. The second kappa shape index (κ2) is 7.40. The Bertz CT molecular complexity index is 536. The summed E-state index contributed by atoms with van der Waals surface area (Å²) in [6.07, 6.45) is 6.08. The molecule has 22 heavy (non-hydrogen) atoms. The van der Waals surface area contributed by atoms with Crippen LogP contribution in [0.1, 0.15) is 45.4 Å². The van der Waals surface area contributed by atoms with Crippen molar-refractivity contribution in [3.8, 4) is 0 Å². The highest BCUT2D eigenvalue weighted by molar-refractivity contribution is 5.93. The van der Waals surface area contributed by atoms with E-state index in [9.17, 15) is 9.59 Å². The standard InChI is InChI=1S/C17H25N3O2/c1-13(21)19-14-6-5-7-15(10-14)20-16(22)11-17(12-18)8-3-2-4-9-17/h5-7,10H,2-4,8-9,11-12,18H2,1H3,(H,19,21)(H,20,22). The predicted octanol–water partition coefficient (Wildman–Crippen LogP) is 2.88. The van der Waals surface area contributed by atoms with E-state index in [0.717, 1.165) is 25.7 Å². The van der Waals surface area contributed by atoms with Gasteiger partial charge in [0.2, 0.25) is 11.8 Å². The summed E-state index contributed by atoms with van der Waals surface area (Å²) >= 11 is 0. The molecule has 1 aromatic rings. The van der Waals surface area contributed by atoms with E-state index in [2.05, 4.69) is 10.6 Å². The molecule has 0 heterocycles. The van der Waals surface area contributed by atoms with Crippen molar-refractivity contribution in [2.75, 3.05) is 17.2 Å². The lowest BCUT2D eigenvalue weighted by molar-refractivity contribution is -0.119. The first-order valence-corrected chi connectivity index (χ1v) is 7.91. The summed E-state index contributed by atoms with van der Waals surface area (Å²) in [5.41, 5.74) is 7.26. The first-order chi connectivity index (χ1) is 10.5. The van der Waals surface area contributed by atoms with Crippen LogP contribution in [-0.2, 0) is 9.59 Å². The SMILES string of the molecule is CC(=O)Nc1cccc(NC(=O)CC2(CN)CCCCC2)c1. The van der Waals surface area contributed by atoms with Crippen molar-refractivity contribution in [2.24, 2.45) is 11.1 Å². The number of carbonyl (C=O) groups is 2. The van der Waals surface area contributed by atoms with E-state index >= 15 is 0 Å². The molecule has 2 amide bonds. The number of nitrogens with two attached hydrogens (primary N) is 1. The summed E-state index contributed by atoms with van der Waals surface area (Å²) in [6.45, 7) is 2.02. The average Bonchev–Trinajstić information content (AvgIpc) is 2.47. The molecule has 0 aliphatic heterocycles. The van der Waals surface area contributed by atoms with Gasteiger partial charge in [0.25, 0.3) is 0 Å². The third kappa shape index (κ3) is 4.56. The van der Waals surface area contributed by atoms with E-state index < -0.39 is 0 Å². The van der Waals surface area contributed by atoms with E-state index in [-0.39, 0.29) is 17.2 Å². The van der Waals surface area contributed by atoms with Crippen LogP contribution >= 0.6 is 0 Å². The molecule has 1 fully saturated rings. The number of rotatable bonds is 5. The van der Waals surface area contributed by atoms with Crippen molar-refractivity contribution in [2.45, 2.75) is 45.4 Å². The van der Waals surface area contributed by atoms with Crippen molar-refractivity contribution in [3.05, 3.63) is 24.3 Å². The van der Waals surface area contributed by atoms with Gasteiger partial charge in [0.05, 0.1) is 0 Å². The zero-order valence-corrected chi connectivity index (χ0v) is 13.2. The highest BCUT2D eigenvalue weighted by Gasteiger charge is 2.32. The number of hydrogen-bond donors (Lipinski definition) is 3. The van der Waals surface area contributed by atoms with Gasteiger partial charge >= 0.3 is 0 Å². The summed E-state index contributed by atoms with van der Waals surface area (Å²) in [7, 11) is 0. The second-order valence-electron chi connectivity index (χ2n) is 6.25. The van der Waals surface area contributed by atoms with Gasteiger partial charge in [-0.05, 0) is 43.0 Å². The van der Waals surface area contributed by atoms with Gasteiger partial charge in [-0.25, -0.2) is 0 Å². The summed E-state index contributed by atoms with van der Waals surface area (Å²) in [5, 5.41) is 5.62. The fourth-order valence-electron chi connectivity index (χ4n) is 3.18.